The molecule has 1 aliphatic rings. The quantitative estimate of drug-likeness (QED) is 0.871. The van der Waals surface area contributed by atoms with Crippen molar-refractivity contribution >= 4 is 21.6 Å². The molecule has 0 radical (unpaired) electrons. The SMILES string of the molecule is CCc1ccccc1NS(=O)(=O)c1cccc(C(=O)N2CCCCC2)c1. The van der Waals surface area contributed by atoms with Crippen molar-refractivity contribution in [3.8, 4) is 0 Å². The number of carbonyl (C=O) groups excluding carboxylic acids is 1. The largest absolute Gasteiger partial charge is 0.339 e. The number of likely N-dealkylation sites (tertiary alicyclic amines) is 1. The number of benzene rings is 2. The molecular formula is C20H24N2O3S. The third kappa shape index (κ3) is 4.07. The fourth-order valence-corrected chi connectivity index (χ4v) is 4.35. The van der Waals surface area contributed by atoms with E-state index in [0.29, 0.717) is 11.3 Å². The second kappa shape index (κ2) is 7.91. The summed E-state index contributed by atoms with van der Waals surface area (Å²) in [6.07, 6.45) is 3.86. The van der Waals surface area contributed by atoms with Crippen LogP contribution in [0.15, 0.2) is 53.4 Å². The van der Waals surface area contributed by atoms with Gasteiger partial charge in [-0.3, -0.25) is 9.52 Å². The van der Waals surface area contributed by atoms with E-state index in [1.807, 2.05) is 19.1 Å². The molecule has 1 N–H and O–H groups in total. The van der Waals surface area contributed by atoms with Crippen molar-refractivity contribution < 1.29 is 13.2 Å². The van der Waals surface area contributed by atoms with E-state index >= 15 is 0 Å². The van der Waals surface area contributed by atoms with E-state index in [2.05, 4.69) is 4.72 Å². The Morgan fingerprint density at radius 1 is 1.04 bits per heavy atom. The molecule has 5 nitrogen and oxygen atoms in total. The molecule has 3 rings (SSSR count). The third-order valence-corrected chi connectivity index (χ3v) is 6.04. The zero-order valence-corrected chi connectivity index (χ0v) is 15.8. The first-order valence-corrected chi connectivity index (χ1v) is 10.5. The topological polar surface area (TPSA) is 66.5 Å². The summed E-state index contributed by atoms with van der Waals surface area (Å²) in [6.45, 7) is 3.45. The van der Waals surface area contributed by atoms with Crippen LogP contribution in [0.3, 0.4) is 0 Å². The number of amides is 1. The summed E-state index contributed by atoms with van der Waals surface area (Å²) in [6, 6.07) is 13.6. The average Bonchev–Trinajstić information content (AvgIpc) is 2.68. The number of carbonyl (C=O) groups is 1. The van der Waals surface area contributed by atoms with Crippen LogP contribution in [0.2, 0.25) is 0 Å². The molecule has 0 aliphatic carbocycles. The van der Waals surface area contributed by atoms with Gasteiger partial charge in [0.1, 0.15) is 0 Å². The number of hydrogen-bond donors (Lipinski definition) is 1. The molecule has 1 amide bonds. The predicted molar refractivity (Wildman–Crippen MR) is 103 cm³/mol. The number of sulfonamides is 1. The van der Waals surface area contributed by atoms with E-state index in [9.17, 15) is 13.2 Å². The van der Waals surface area contributed by atoms with E-state index in [1.165, 1.54) is 12.1 Å². The van der Waals surface area contributed by atoms with Crippen LogP contribution >= 0.6 is 0 Å². The highest BCUT2D eigenvalue weighted by atomic mass is 32.2. The summed E-state index contributed by atoms with van der Waals surface area (Å²) in [7, 11) is -3.75. The monoisotopic (exact) mass is 372 g/mol. The minimum Gasteiger partial charge on any atom is -0.339 e. The number of rotatable bonds is 5. The first-order valence-electron chi connectivity index (χ1n) is 9.01. The van der Waals surface area contributed by atoms with Gasteiger partial charge in [-0.2, -0.15) is 0 Å². The minimum absolute atomic E-state index is 0.101. The van der Waals surface area contributed by atoms with Crippen molar-refractivity contribution in [2.24, 2.45) is 0 Å². The van der Waals surface area contributed by atoms with Gasteiger partial charge >= 0.3 is 0 Å². The number of hydrogen-bond acceptors (Lipinski definition) is 3. The van der Waals surface area contributed by atoms with Crippen LogP contribution in [-0.2, 0) is 16.4 Å². The Labute approximate surface area is 155 Å². The summed E-state index contributed by atoms with van der Waals surface area (Å²) < 4.78 is 28.2. The highest BCUT2D eigenvalue weighted by Crippen LogP contribution is 2.22. The lowest BCUT2D eigenvalue weighted by atomic mass is 10.1. The van der Waals surface area contributed by atoms with Gasteiger partial charge in [0.05, 0.1) is 10.6 Å². The molecule has 1 fully saturated rings. The van der Waals surface area contributed by atoms with Crippen LogP contribution in [-0.4, -0.2) is 32.3 Å². The molecule has 26 heavy (non-hydrogen) atoms. The van der Waals surface area contributed by atoms with Gasteiger partial charge in [-0.05, 0) is 55.5 Å². The smallest absolute Gasteiger partial charge is 0.261 e. The Balaban J connectivity index is 1.85. The first-order chi connectivity index (χ1) is 12.5. The second-order valence-electron chi connectivity index (χ2n) is 6.50. The molecule has 0 bridgehead atoms. The Hall–Kier alpha value is -2.34. The lowest BCUT2D eigenvalue weighted by Gasteiger charge is -2.26. The van der Waals surface area contributed by atoms with Crippen molar-refractivity contribution in [2.45, 2.75) is 37.5 Å². The summed E-state index contributed by atoms with van der Waals surface area (Å²) in [5.74, 6) is -0.101. The summed E-state index contributed by atoms with van der Waals surface area (Å²) in [4.78, 5) is 14.6. The number of nitrogens with zero attached hydrogens (tertiary/aromatic N) is 1. The Morgan fingerprint density at radius 2 is 1.77 bits per heavy atom. The first kappa shape index (κ1) is 18.5. The fraction of sp³-hybridized carbons (Fsp3) is 0.350. The van der Waals surface area contributed by atoms with Gasteiger partial charge in [0.25, 0.3) is 15.9 Å². The number of aryl methyl sites for hydroxylation is 1. The van der Waals surface area contributed by atoms with Crippen LogP contribution in [0.25, 0.3) is 0 Å². The number of anilines is 1. The van der Waals surface area contributed by atoms with Gasteiger partial charge < -0.3 is 4.90 Å². The zero-order chi connectivity index (χ0) is 18.6. The molecule has 0 saturated carbocycles. The minimum atomic E-state index is -3.75. The lowest BCUT2D eigenvalue weighted by molar-refractivity contribution is 0.0724. The Morgan fingerprint density at radius 3 is 2.50 bits per heavy atom. The molecule has 1 heterocycles. The van der Waals surface area contributed by atoms with E-state index in [4.69, 9.17) is 0 Å². The Kier molecular flexibility index (Phi) is 5.61. The normalized spacial score (nSPS) is 14.9. The van der Waals surface area contributed by atoms with Crippen molar-refractivity contribution in [2.75, 3.05) is 17.8 Å². The van der Waals surface area contributed by atoms with Crippen molar-refractivity contribution in [3.05, 3.63) is 59.7 Å². The maximum Gasteiger partial charge on any atom is 0.261 e. The number of para-hydroxylation sites is 1. The maximum atomic E-state index is 12.8. The molecule has 2 aromatic carbocycles. The molecule has 2 aromatic rings. The molecular weight excluding hydrogens is 348 g/mol. The zero-order valence-electron chi connectivity index (χ0n) is 14.9. The maximum absolute atomic E-state index is 12.8. The van der Waals surface area contributed by atoms with Gasteiger partial charge in [-0.15, -0.1) is 0 Å². The molecule has 6 heteroatoms. The highest BCUT2D eigenvalue weighted by molar-refractivity contribution is 7.92. The van der Waals surface area contributed by atoms with E-state index in [-0.39, 0.29) is 10.8 Å². The molecule has 138 valence electrons. The van der Waals surface area contributed by atoms with Crippen LogP contribution in [0.5, 0.6) is 0 Å². The van der Waals surface area contributed by atoms with Crippen LogP contribution in [0.1, 0.15) is 42.1 Å². The van der Waals surface area contributed by atoms with Gasteiger partial charge in [0.2, 0.25) is 0 Å². The fourth-order valence-electron chi connectivity index (χ4n) is 3.21. The van der Waals surface area contributed by atoms with Gasteiger partial charge in [-0.1, -0.05) is 31.2 Å². The van der Waals surface area contributed by atoms with E-state index in [0.717, 1.165) is 44.3 Å². The molecule has 0 spiro atoms. The van der Waals surface area contributed by atoms with Crippen molar-refractivity contribution in [3.63, 3.8) is 0 Å². The molecule has 0 aromatic heterocycles. The van der Waals surface area contributed by atoms with E-state index < -0.39 is 10.0 Å². The molecule has 0 unspecified atom stereocenters. The van der Waals surface area contributed by atoms with Gasteiger partial charge in [0.15, 0.2) is 0 Å². The molecule has 1 aliphatic heterocycles. The van der Waals surface area contributed by atoms with Gasteiger partial charge in [-0.25, -0.2) is 8.42 Å². The van der Waals surface area contributed by atoms with Crippen LogP contribution in [0, 0.1) is 0 Å². The standard InChI is InChI=1S/C20H24N2O3S/c1-2-16-9-4-5-12-19(16)21-26(24,25)18-11-8-10-17(15-18)20(23)22-13-6-3-7-14-22/h4-5,8-12,15,21H,2-3,6-7,13-14H2,1H3. The highest BCUT2D eigenvalue weighted by Gasteiger charge is 2.21. The third-order valence-electron chi connectivity index (χ3n) is 4.68. The molecule has 1 saturated heterocycles. The Bertz CT molecular complexity index is 887. The van der Waals surface area contributed by atoms with Crippen molar-refractivity contribution in [1.29, 1.82) is 0 Å². The van der Waals surface area contributed by atoms with E-state index in [1.54, 1.807) is 29.2 Å². The number of piperidine rings is 1. The summed E-state index contributed by atoms with van der Waals surface area (Å²) >= 11 is 0. The number of nitrogens with one attached hydrogen (secondary N) is 1. The van der Waals surface area contributed by atoms with Crippen LogP contribution in [0.4, 0.5) is 5.69 Å². The summed E-state index contributed by atoms with van der Waals surface area (Å²) in [5, 5.41) is 0. The average molecular weight is 372 g/mol. The lowest BCUT2D eigenvalue weighted by Crippen LogP contribution is -2.35. The van der Waals surface area contributed by atoms with Gasteiger partial charge in [0, 0.05) is 18.7 Å². The van der Waals surface area contributed by atoms with Crippen molar-refractivity contribution in [1.82, 2.24) is 4.90 Å². The second-order valence-corrected chi connectivity index (χ2v) is 8.18. The predicted octanol–water partition coefficient (Wildman–Crippen LogP) is 3.68. The van der Waals surface area contributed by atoms with Crippen LogP contribution < -0.4 is 4.72 Å². The molecule has 0 atom stereocenters. The summed E-state index contributed by atoms with van der Waals surface area (Å²) in [5.41, 5.74) is 1.91.